The van der Waals surface area contributed by atoms with Gasteiger partial charge in [0.05, 0.1) is 6.61 Å². The van der Waals surface area contributed by atoms with E-state index < -0.39 is 12.4 Å². The minimum Gasteiger partial charge on any atom is -0.461 e. The molecule has 1 aromatic rings. The predicted octanol–water partition coefficient (Wildman–Crippen LogP) is 2.54. The van der Waals surface area contributed by atoms with Crippen LogP contribution in [0.5, 0.6) is 0 Å². The monoisotopic (exact) mass is 337 g/mol. The van der Waals surface area contributed by atoms with Crippen LogP contribution in [0, 0.1) is 5.41 Å². The van der Waals surface area contributed by atoms with Crippen molar-refractivity contribution in [2.75, 3.05) is 19.7 Å². The molecule has 7 heteroatoms. The molecule has 130 valence electrons. The van der Waals surface area contributed by atoms with Crippen LogP contribution in [0.25, 0.3) is 0 Å². The molecule has 2 rings (SSSR count). The van der Waals surface area contributed by atoms with Crippen molar-refractivity contribution in [3.8, 4) is 0 Å². The van der Waals surface area contributed by atoms with Crippen LogP contribution in [-0.4, -0.2) is 31.4 Å². The van der Waals surface area contributed by atoms with Crippen molar-refractivity contribution in [2.45, 2.75) is 26.3 Å². The Kier molecular flexibility index (Phi) is 6.43. The number of ether oxygens (including phenoxy) is 1. The number of hydrogen-bond donors (Lipinski definition) is 3. The summed E-state index contributed by atoms with van der Waals surface area (Å²) in [5.74, 6) is -0.677. The molecule has 0 fully saturated rings. The van der Waals surface area contributed by atoms with E-state index in [9.17, 15) is 13.6 Å². The van der Waals surface area contributed by atoms with E-state index in [1.807, 2.05) is 0 Å². The van der Waals surface area contributed by atoms with Crippen molar-refractivity contribution >= 4 is 11.7 Å². The van der Waals surface area contributed by atoms with Gasteiger partial charge in [0.2, 0.25) is 0 Å². The van der Waals surface area contributed by atoms with Gasteiger partial charge in [-0.05, 0) is 12.5 Å². The lowest BCUT2D eigenvalue weighted by atomic mass is 10.0. The van der Waals surface area contributed by atoms with Crippen LogP contribution in [0.4, 0.5) is 8.78 Å². The molecule has 0 radical (unpaired) electrons. The van der Waals surface area contributed by atoms with E-state index >= 15 is 0 Å². The fourth-order valence-electron chi connectivity index (χ4n) is 2.56. The third-order valence-corrected chi connectivity index (χ3v) is 3.78. The molecule has 0 aliphatic carbocycles. The second-order valence-corrected chi connectivity index (χ2v) is 5.33. The summed E-state index contributed by atoms with van der Waals surface area (Å²) < 4.78 is 31.0. The zero-order chi connectivity index (χ0) is 17.5. The van der Waals surface area contributed by atoms with Crippen LogP contribution in [0.15, 0.2) is 35.5 Å². The van der Waals surface area contributed by atoms with Gasteiger partial charge in [-0.15, -0.1) is 0 Å². The Balaban J connectivity index is 2.16. The highest BCUT2D eigenvalue weighted by Crippen LogP contribution is 2.23. The fraction of sp³-hybridized carbons (Fsp3) is 0.412. The van der Waals surface area contributed by atoms with E-state index in [1.54, 1.807) is 25.1 Å². The lowest BCUT2D eigenvalue weighted by molar-refractivity contribution is -0.135. The number of carbonyl (C=O) groups is 1. The van der Waals surface area contributed by atoms with Gasteiger partial charge in [-0.3, -0.25) is 5.41 Å². The van der Waals surface area contributed by atoms with Crippen LogP contribution in [0.3, 0.4) is 0 Å². The van der Waals surface area contributed by atoms with Gasteiger partial charge in [0.1, 0.15) is 5.71 Å². The maximum Gasteiger partial charge on any atom is 0.356 e. The normalized spacial score (nSPS) is 14.7. The van der Waals surface area contributed by atoms with Gasteiger partial charge < -0.3 is 15.4 Å². The first kappa shape index (κ1) is 18.1. The van der Waals surface area contributed by atoms with Crippen LogP contribution >= 0.6 is 0 Å². The topological polar surface area (TPSA) is 74.2 Å². The Morgan fingerprint density at radius 1 is 1.42 bits per heavy atom. The number of esters is 1. The van der Waals surface area contributed by atoms with Crippen molar-refractivity contribution in [2.24, 2.45) is 0 Å². The van der Waals surface area contributed by atoms with Crippen molar-refractivity contribution in [1.29, 1.82) is 5.41 Å². The third-order valence-electron chi connectivity index (χ3n) is 3.78. The fourth-order valence-corrected chi connectivity index (χ4v) is 2.56. The summed E-state index contributed by atoms with van der Waals surface area (Å²) in [6.45, 7) is 3.16. The summed E-state index contributed by atoms with van der Waals surface area (Å²) in [4.78, 5) is 11.8. The maximum atomic E-state index is 13.0. The third kappa shape index (κ3) is 4.38. The summed E-state index contributed by atoms with van der Waals surface area (Å²) in [6, 6.07) is 6.34. The zero-order valence-corrected chi connectivity index (χ0v) is 13.5. The first-order valence-electron chi connectivity index (χ1n) is 7.83. The van der Waals surface area contributed by atoms with Crippen LogP contribution in [-0.2, 0) is 16.1 Å². The van der Waals surface area contributed by atoms with E-state index in [2.05, 4.69) is 10.6 Å². The summed E-state index contributed by atoms with van der Waals surface area (Å²) in [7, 11) is 0. The van der Waals surface area contributed by atoms with Gasteiger partial charge in [0.15, 0.2) is 0 Å². The molecular weight excluding hydrogens is 316 g/mol. The predicted molar refractivity (Wildman–Crippen MR) is 87.1 cm³/mol. The molecule has 24 heavy (non-hydrogen) atoms. The standard InChI is InChI=1S/C17H21F2N3O2/c1-2-24-17(23)15(20)13-10-21-8-7-14(13)22-9-11-5-3-4-6-12(11)16(18)19/h3-6,16,20-22H,2,7-10H2,1H3. The smallest absolute Gasteiger partial charge is 0.356 e. The largest absolute Gasteiger partial charge is 0.461 e. The van der Waals surface area contributed by atoms with Gasteiger partial charge in [-0.1, -0.05) is 24.3 Å². The molecule has 1 aliphatic heterocycles. The van der Waals surface area contributed by atoms with Gasteiger partial charge in [0, 0.05) is 42.9 Å². The van der Waals surface area contributed by atoms with Crippen molar-refractivity contribution < 1.29 is 18.3 Å². The molecule has 0 saturated carbocycles. The number of alkyl halides is 2. The lowest BCUT2D eigenvalue weighted by Crippen LogP contribution is -2.36. The second kappa shape index (κ2) is 8.54. The Morgan fingerprint density at radius 2 is 2.17 bits per heavy atom. The average molecular weight is 337 g/mol. The molecule has 0 amide bonds. The summed E-state index contributed by atoms with van der Waals surface area (Å²) in [6.07, 6.45) is -1.95. The highest BCUT2D eigenvalue weighted by Gasteiger charge is 2.22. The number of carbonyl (C=O) groups excluding carboxylic acids is 1. The molecule has 0 bridgehead atoms. The van der Waals surface area contributed by atoms with E-state index in [1.165, 1.54) is 6.07 Å². The van der Waals surface area contributed by atoms with Gasteiger partial charge in [-0.2, -0.15) is 0 Å². The highest BCUT2D eigenvalue weighted by atomic mass is 19.3. The summed E-state index contributed by atoms with van der Waals surface area (Å²) >= 11 is 0. The van der Waals surface area contributed by atoms with E-state index in [4.69, 9.17) is 10.1 Å². The molecule has 0 atom stereocenters. The van der Waals surface area contributed by atoms with Gasteiger partial charge in [0.25, 0.3) is 6.43 Å². The number of hydrogen-bond acceptors (Lipinski definition) is 5. The van der Waals surface area contributed by atoms with E-state index in [0.717, 1.165) is 5.70 Å². The quantitative estimate of drug-likeness (QED) is 0.528. The van der Waals surface area contributed by atoms with Gasteiger partial charge >= 0.3 is 5.97 Å². The molecule has 0 spiro atoms. The molecule has 3 N–H and O–H groups in total. The summed E-state index contributed by atoms with van der Waals surface area (Å²) in [5.41, 5.74) is 1.53. The Morgan fingerprint density at radius 3 is 2.88 bits per heavy atom. The van der Waals surface area contributed by atoms with Crippen LogP contribution < -0.4 is 10.6 Å². The first-order chi connectivity index (χ1) is 11.5. The van der Waals surface area contributed by atoms with Gasteiger partial charge in [-0.25, -0.2) is 13.6 Å². The minimum absolute atomic E-state index is 0.0125. The molecule has 0 aromatic heterocycles. The van der Waals surface area contributed by atoms with Crippen LogP contribution in [0.2, 0.25) is 0 Å². The SMILES string of the molecule is CCOC(=O)C(=N)C1=C(NCc2ccccc2C(F)F)CCNC1. The minimum atomic E-state index is -2.54. The molecule has 1 aliphatic rings. The molecule has 0 unspecified atom stereocenters. The molecular formula is C17H21F2N3O2. The average Bonchev–Trinajstić information content (AvgIpc) is 2.60. The molecule has 0 saturated heterocycles. The molecule has 1 heterocycles. The molecule has 1 aromatic carbocycles. The Hall–Kier alpha value is -2.28. The Labute approximate surface area is 139 Å². The Bertz CT molecular complexity index is 644. The highest BCUT2D eigenvalue weighted by molar-refractivity contribution is 6.42. The van der Waals surface area contributed by atoms with Crippen LogP contribution in [0.1, 0.15) is 30.9 Å². The number of halogens is 2. The van der Waals surface area contributed by atoms with Crippen molar-refractivity contribution in [3.05, 3.63) is 46.7 Å². The van der Waals surface area contributed by atoms with E-state index in [-0.39, 0.29) is 24.4 Å². The van der Waals surface area contributed by atoms with Crippen molar-refractivity contribution in [1.82, 2.24) is 10.6 Å². The molecule has 5 nitrogen and oxygen atoms in total. The second-order valence-electron chi connectivity index (χ2n) is 5.33. The summed E-state index contributed by atoms with van der Waals surface area (Å²) in [5, 5.41) is 14.2. The number of benzene rings is 1. The first-order valence-corrected chi connectivity index (χ1v) is 7.83. The van der Waals surface area contributed by atoms with E-state index in [0.29, 0.717) is 30.6 Å². The maximum absolute atomic E-state index is 13.0. The lowest BCUT2D eigenvalue weighted by Gasteiger charge is -2.23. The number of rotatable bonds is 7. The zero-order valence-electron chi connectivity index (χ0n) is 13.5. The van der Waals surface area contributed by atoms with Crippen molar-refractivity contribution in [3.63, 3.8) is 0 Å². The number of nitrogens with one attached hydrogen (secondary N) is 3.